The second kappa shape index (κ2) is 8.67. The molecule has 6 heteroatoms. The first-order chi connectivity index (χ1) is 12.5. The van der Waals surface area contributed by atoms with Crippen LogP contribution in [0.1, 0.15) is 25.1 Å². The molecule has 0 fully saturated rings. The van der Waals surface area contributed by atoms with E-state index in [9.17, 15) is 0 Å². The fourth-order valence-electron chi connectivity index (χ4n) is 2.67. The lowest BCUT2D eigenvalue weighted by atomic mass is 10.1. The van der Waals surface area contributed by atoms with Crippen LogP contribution in [0.15, 0.2) is 48.5 Å². The molecule has 0 bridgehead atoms. The van der Waals surface area contributed by atoms with Crippen LogP contribution in [0.4, 0.5) is 0 Å². The number of rotatable bonds is 7. The van der Waals surface area contributed by atoms with Gasteiger partial charge in [-0.05, 0) is 30.2 Å². The van der Waals surface area contributed by atoms with Gasteiger partial charge in [-0.3, -0.25) is 0 Å². The summed E-state index contributed by atoms with van der Waals surface area (Å²) in [5.41, 5.74) is 3.92. The summed E-state index contributed by atoms with van der Waals surface area (Å²) in [5, 5.41) is 14.0. The Hall–Kier alpha value is -1.88. The Kier molecular flexibility index (Phi) is 6.30. The first-order valence-corrected chi connectivity index (χ1v) is 9.42. The second-order valence-electron chi connectivity index (χ2n) is 6.66. The van der Waals surface area contributed by atoms with Crippen molar-refractivity contribution >= 4 is 23.2 Å². The Bertz CT molecular complexity index is 860. The van der Waals surface area contributed by atoms with Crippen molar-refractivity contribution in [2.24, 2.45) is 5.92 Å². The van der Waals surface area contributed by atoms with Gasteiger partial charge in [0.05, 0.1) is 16.6 Å². The van der Waals surface area contributed by atoms with Crippen LogP contribution in [0.5, 0.6) is 0 Å². The van der Waals surface area contributed by atoms with Crippen molar-refractivity contribution < 1.29 is 0 Å². The van der Waals surface area contributed by atoms with Gasteiger partial charge in [-0.2, -0.15) is 15.0 Å². The monoisotopic (exact) mass is 388 g/mol. The van der Waals surface area contributed by atoms with Gasteiger partial charge in [-0.1, -0.05) is 73.4 Å². The van der Waals surface area contributed by atoms with E-state index >= 15 is 0 Å². The van der Waals surface area contributed by atoms with E-state index in [4.69, 9.17) is 33.4 Å². The fourth-order valence-corrected chi connectivity index (χ4v) is 2.99. The average molecular weight is 389 g/mol. The summed E-state index contributed by atoms with van der Waals surface area (Å²) in [6, 6.07) is 15.7. The predicted octanol–water partition coefficient (Wildman–Crippen LogP) is 5.05. The topological polar surface area (TPSA) is 42.7 Å². The summed E-state index contributed by atoms with van der Waals surface area (Å²) < 4.78 is 0. The highest BCUT2D eigenvalue weighted by Crippen LogP contribution is 2.24. The average Bonchev–Trinajstić information content (AvgIpc) is 3.01. The number of hydrogen-bond acceptors (Lipinski definition) is 3. The Balaban J connectivity index is 1.86. The molecule has 136 valence electrons. The maximum Gasteiger partial charge on any atom is 0.117 e. The highest BCUT2D eigenvalue weighted by Gasteiger charge is 2.13. The third-order valence-electron chi connectivity index (χ3n) is 3.93. The predicted molar refractivity (Wildman–Crippen MR) is 108 cm³/mol. The zero-order chi connectivity index (χ0) is 18.5. The second-order valence-corrected chi connectivity index (χ2v) is 7.48. The molecule has 0 unspecified atom stereocenters. The lowest BCUT2D eigenvalue weighted by Gasteiger charge is -2.06. The van der Waals surface area contributed by atoms with E-state index < -0.39 is 0 Å². The molecule has 3 rings (SSSR count). The van der Waals surface area contributed by atoms with Crippen molar-refractivity contribution in [3.05, 3.63) is 69.8 Å². The smallest absolute Gasteiger partial charge is 0.117 e. The van der Waals surface area contributed by atoms with Crippen molar-refractivity contribution in [2.75, 3.05) is 6.54 Å². The zero-order valence-electron chi connectivity index (χ0n) is 14.9. The molecule has 0 spiro atoms. The summed E-state index contributed by atoms with van der Waals surface area (Å²) in [6.07, 6.45) is 0. The molecule has 3 aromatic rings. The van der Waals surface area contributed by atoms with Crippen molar-refractivity contribution in [3.8, 4) is 11.3 Å². The lowest BCUT2D eigenvalue weighted by Crippen LogP contribution is -2.19. The fraction of sp³-hybridized carbons (Fsp3) is 0.300. The van der Waals surface area contributed by atoms with Crippen LogP contribution < -0.4 is 5.32 Å². The minimum Gasteiger partial charge on any atom is -0.311 e. The first kappa shape index (κ1) is 18.9. The number of halogens is 2. The van der Waals surface area contributed by atoms with E-state index in [2.05, 4.69) is 31.3 Å². The van der Waals surface area contributed by atoms with Gasteiger partial charge >= 0.3 is 0 Å². The first-order valence-electron chi connectivity index (χ1n) is 8.67. The number of nitrogens with zero attached hydrogens (tertiary/aromatic N) is 3. The van der Waals surface area contributed by atoms with E-state index in [1.54, 1.807) is 10.9 Å². The van der Waals surface area contributed by atoms with Crippen LogP contribution in [-0.2, 0) is 13.1 Å². The van der Waals surface area contributed by atoms with Crippen LogP contribution in [0, 0.1) is 5.92 Å². The highest BCUT2D eigenvalue weighted by atomic mass is 35.5. The van der Waals surface area contributed by atoms with Crippen molar-refractivity contribution in [2.45, 2.75) is 26.9 Å². The van der Waals surface area contributed by atoms with Gasteiger partial charge in [0, 0.05) is 12.1 Å². The van der Waals surface area contributed by atoms with Gasteiger partial charge < -0.3 is 5.32 Å². The van der Waals surface area contributed by atoms with Gasteiger partial charge in [-0.25, -0.2) is 0 Å². The Morgan fingerprint density at radius 2 is 1.77 bits per heavy atom. The number of aromatic nitrogens is 3. The molecular formula is C20H22Cl2N4. The number of hydrogen-bond donors (Lipinski definition) is 1. The van der Waals surface area contributed by atoms with E-state index in [1.807, 2.05) is 30.3 Å². The molecule has 2 aromatic carbocycles. The Morgan fingerprint density at radius 3 is 2.46 bits per heavy atom. The zero-order valence-corrected chi connectivity index (χ0v) is 16.4. The molecule has 0 radical (unpaired) electrons. The molecule has 4 nitrogen and oxygen atoms in total. The van der Waals surface area contributed by atoms with Gasteiger partial charge in [0.15, 0.2) is 0 Å². The normalized spacial score (nSPS) is 11.3. The Morgan fingerprint density at radius 1 is 1.00 bits per heavy atom. The Labute approximate surface area is 164 Å². The largest absolute Gasteiger partial charge is 0.311 e. The van der Waals surface area contributed by atoms with E-state index in [0.29, 0.717) is 29.1 Å². The van der Waals surface area contributed by atoms with Crippen LogP contribution in [-0.4, -0.2) is 21.5 Å². The molecule has 0 saturated carbocycles. The maximum atomic E-state index is 6.12. The van der Waals surface area contributed by atoms with E-state index in [0.717, 1.165) is 29.1 Å². The SMILES string of the molecule is CC(C)CNCc1nn(Cc2ccc(Cl)c(Cl)c2)nc1-c1ccccc1. The molecule has 0 saturated heterocycles. The quantitative estimate of drug-likeness (QED) is 0.615. The molecule has 1 heterocycles. The summed E-state index contributed by atoms with van der Waals surface area (Å²) in [7, 11) is 0. The molecule has 0 amide bonds. The van der Waals surface area contributed by atoms with Crippen molar-refractivity contribution in [3.63, 3.8) is 0 Å². The molecule has 0 atom stereocenters. The third-order valence-corrected chi connectivity index (χ3v) is 4.66. The number of nitrogens with one attached hydrogen (secondary N) is 1. The minimum absolute atomic E-state index is 0.540. The van der Waals surface area contributed by atoms with E-state index in [-0.39, 0.29) is 0 Å². The highest BCUT2D eigenvalue weighted by molar-refractivity contribution is 6.42. The van der Waals surface area contributed by atoms with Crippen molar-refractivity contribution in [1.29, 1.82) is 0 Å². The molecular weight excluding hydrogens is 367 g/mol. The van der Waals surface area contributed by atoms with Crippen LogP contribution in [0.25, 0.3) is 11.3 Å². The third kappa shape index (κ3) is 4.85. The van der Waals surface area contributed by atoms with Crippen LogP contribution in [0.3, 0.4) is 0 Å². The molecule has 0 aliphatic carbocycles. The van der Waals surface area contributed by atoms with Gasteiger partial charge in [0.1, 0.15) is 11.4 Å². The lowest BCUT2D eigenvalue weighted by molar-refractivity contribution is 0.537. The number of benzene rings is 2. The molecule has 26 heavy (non-hydrogen) atoms. The van der Waals surface area contributed by atoms with Crippen LogP contribution >= 0.6 is 23.2 Å². The standard InChI is InChI=1S/C20H22Cl2N4/c1-14(2)11-23-12-19-20(16-6-4-3-5-7-16)25-26(24-19)13-15-8-9-17(21)18(22)10-15/h3-10,14,23H,11-13H2,1-2H3. The van der Waals surface area contributed by atoms with E-state index in [1.165, 1.54) is 0 Å². The van der Waals surface area contributed by atoms with Crippen LogP contribution in [0.2, 0.25) is 10.0 Å². The van der Waals surface area contributed by atoms with Gasteiger partial charge in [0.25, 0.3) is 0 Å². The molecule has 0 aliphatic rings. The minimum atomic E-state index is 0.540. The summed E-state index contributed by atoms with van der Waals surface area (Å²) in [6.45, 7) is 6.54. The molecule has 0 aliphatic heterocycles. The summed E-state index contributed by atoms with van der Waals surface area (Å²) in [5.74, 6) is 0.585. The van der Waals surface area contributed by atoms with Gasteiger partial charge in [0.2, 0.25) is 0 Å². The summed E-state index contributed by atoms with van der Waals surface area (Å²) >= 11 is 12.1. The molecule has 1 N–H and O–H groups in total. The van der Waals surface area contributed by atoms with Crippen molar-refractivity contribution in [1.82, 2.24) is 20.3 Å². The summed E-state index contributed by atoms with van der Waals surface area (Å²) in [4.78, 5) is 1.72. The molecule has 1 aromatic heterocycles. The maximum absolute atomic E-state index is 6.12. The van der Waals surface area contributed by atoms with Gasteiger partial charge in [-0.15, -0.1) is 0 Å².